The highest BCUT2D eigenvalue weighted by Gasteiger charge is 2.24. The number of rotatable bonds is 6. The quantitative estimate of drug-likeness (QED) is 0.807. The molecule has 0 aliphatic rings. The van der Waals surface area contributed by atoms with Crippen molar-refractivity contribution < 1.29 is 9.53 Å². The second kappa shape index (κ2) is 6.90. The van der Waals surface area contributed by atoms with Crippen molar-refractivity contribution in [3.05, 3.63) is 21.4 Å². The van der Waals surface area contributed by atoms with Gasteiger partial charge in [-0.15, -0.1) is 11.3 Å². The van der Waals surface area contributed by atoms with Crippen molar-refractivity contribution in [2.45, 2.75) is 46.7 Å². The van der Waals surface area contributed by atoms with Gasteiger partial charge >= 0.3 is 5.97 Å². The van der Waals surface area contributed by atoms with Crippen LogP contribution in [0.2, 0.25) is 0 Å². The zero-order chi connectivity index (χ0) is 13.7. The van der Waals surface area contributed by atoms with Crippen LogP contribution < -0.4 is 5.32 Å². The molecule has 0 saturated carbocycles. The first-order valence-corrected chi connectivity index (χ1v) is 7.18. The van der Waals surface area contributed by atoms with Crippen molar-refractivity contribution >= 4 is 17.3 Å². The monoisotopic (exact) mass is 269 g/mol. The van der Waals surface area contributed by atoms with Crippen LogP contribution in [0.4, 0.5) is 0 Å². The molecule has 2 unspecified atom stereocenters. The highest BCUT2D eigenvalue weighted by Crippen LogP contribution is 2.21. The first-order chi connectivity index (χ1) is 8.49. The molecule has 1 aromatic heterocycles. The van der Waals surface area contributed by atoms with Crippen molar-refractivity contribution in [3.63, 3.8) is 0 Å². The van der Waals surface area contributed by atoms with Crippen LogP contribution in [0.25, 0.3) is 0 Å². The molecule has 18 heavy (non-hydrogen) atoms. The molecule has 2 atom stereocenters. The lowest BCUT2D eigenvalue weighted by molar-refractivity contribution is -0.144. The fourth-order valence-electron chi connectivity index (χ4n) is 1.96. The first kappa shape index (κ1) is 15.2. The van der Waals surface area contributed by atoms with Crippen molar-refractivity contribution in [2.24, 2.45) is 5.92 Å². The predicted octanol–water partition coefficient (Wildman–Crippen LogP) is 3.04. The number of hydrogen-bond donors (Lipinski definition) is 1. The van der Waals surface area contributed by atoms with Crippen LogP contribution in [0.5, 0.6) is 0 Å². The Hall–Kier alpha value is -0.870. The second-order valence-electron chi connectivity index (χ2n) is 4.71. The molecular weight excluding hydrogens is 246 g/mol. The van der Waals surface area contributed by atoms with Crippen LogP contribution in [-0.2, 0) is 16.1 Å². The van der Waals surface area contributed by atoms with E-state index in [1.807, 2.05) is 0 Å². The Balaban J connectivity index is 2.67. The standard InChI is InChI=1S/C14H23NO2S/c1-6-9(2)13(14(16)17-5)15-8-12-7-10(3)18-11(12)4/h7,9,13,15H,6,8H2,1-5H3. The molecular formula is C14H23NO2S. The third kappa shape index (κ3) is 3.82. The number of aryl methyl sites for hydroxylation is 2. The van der Waals surface area contributed by atoms with Crippen LogP contribution in [0.15, 0.2) is 6.07 Å². The van der Waals surface area contributed by atoms with E-state index in [4.69, 9.17) is 4.74 Å². The number of carbonyl (C=O) groups is 1. The van der Waals surface area contributed by atoms with Crippen molar-refractivity contribution in [2.75, 3.05) is 7.11 Å². The van der Waals surface area contributed by atoms with Gasteiger partial charge in [0.15, 0.2) is 0 Å². The number of esters is 1. The Morgan fingerprint density at radius 2 is 2.17 bits per heavy atom. The van der Waals surface area contributed by atoms with Gasteiger partial charge in [0.1, 0.15) is 6.04 Å². The minimum atomic E-state index is -0.223. The van der Waals surface area contributed by atoms with E-state index in [1.54, 1.807) is 11.3 Å². The van der Waals surface area contributed by atoms with Gasteiger partial charge in [0, 0.05) is 16.3 Å². The topological polar surface area (TPSA) is 38.3 Å². The molecule has 0 fully saturated rings. The Morgan fingerprint density at radius 1 is 1.50 bits per heavy atom. The Morgan fingerprint density at radius 3 is 2.61 bits per heavy atom. The van der Waals surface area contributed by atoms with E-state index >= 15 is 0 Å². The molecule has 0 aromatic carbocycles. The number of hydrogen-bond acceptors (Lipinski definition) is 4. The molecule has 1 heterocycles. The molecule has 1 N–H and O–H groups in total. The summed E-state index contributed by atoms with van der Waals surface area (Å²) in [5, 5.41) is 3.32. The average molecular weight is 269 g/mol. The summed E-state index contributed by atoms with van der Waals surface area (Å²) in [5.41, 5.74) is 1.27. The highest BCUT2D eigenvalue weighted by atomic mass is 32.1. The molecule has 0 spiro atoms. The highest BCUT2D eigenvalue weighted by molar-refractivity contribution is 7.12. The lowest BCUT2D eigenvalue weighted by Gasteiger charge is -2.21. The summed E-state index contributed by atoms with van der Waals surface area (Å²) in [4.78, 5) is 14.4. The van der Waals surface area contributed by atoms with Crippen molar-refractivity contribution in [3.8, 4) is 0 Å². The number of thiophene rings is 1. The van der Waals surface area contributed by atoms with Gasteiger partial charge < -0.3 is 10.1 Å². The zero-order valence-electron chi connectivity index (χ0n) is 11.9. The van der Waals surface area contributed by atoms with Gasteiger partial charge in [-0.05, 0) is 31.4 Å². The number of methoxy groups -OCH3 is 1. The molecule has 4 heteroatoms. The molecule has 102 valence electrons. The van der Waals surface area contributed by atoms with Gasteiger partial charge in [-0.1, -0.05) is 20.3 Å². The summed E-state index contributed by atoms with van der Waals surface area (Å²) < 4.78 is 4.86. The third-order valence-corrected chi connectivity index (χ3v) is 4.33. The Labute approximate surface area is 114 Å². The van der Waals surface area contributed by atoms with Gasteiger partial charge in [0.25, 0.3) is 0 Å². The molecule has 0 aliphatic carbocycles. The van der Waals surface area contributed by atoms with Crippen molar-refractivity contribution in [1.82, 2.24) is 5.32 Å². The van der Waals surface area contributed by atoms with Crippen LogP contribution in [0.1, 0.15) is 35.6 Å². The number of nitrogens with one attached hydrogen (secondary N) is 1. The van der Waals surface area contributed by atoms with Crippen LogP contribution in [-0.4, -0.2) is 19.1 Å². The fraction of sp³-hybridized carbons (Fsp3) is 0.643. The molecule has 0 aliphatic heterocycles. The van der Waals surface area contributed by atoms with Crippen LogP contribution in [0.3, 0.4) is 0 Å². The molecule has 0 amide bonds. The fourth-order valence-corrected chi connectivity index (χ4v) is 2.90. The minimum Gasteiger partial charge on any atom is -0.468 e. The number of carbonyl (C=O) groups excluding carboxylic acids is 1. The minimum absolute atomic E-state index is 0.172. The smallest absolute Gasteiger partial charge is 0.323 e. The normalized spacial score (nSPS) is 14.3. The summed E-state index contributed by atoms with van der Waals surface area (Å²) in [6.45, 7) is 9.10. The van der Waals surface area contributed by atoms with E-state index in [9.17, 15) is 4.79 Å². The lowest BCUT2D eigenvalue weighted by Crippen LogP contribution is -2.42. The van der Waals surface area contributed by atoms with Gasteiger partial charge in [-0.25, -0.2) is 0 Å². The van der Waals surface area contributed by atoms with E-state index in [2.05, 4.69) is 39.1 Å². The summed E-state index contributed by atoms with van der Waals surface area (Å²) >= 11 is 1.79. The molecule has 1 aromatic rings. The average Bonchev–Trinajstić information content (AvgIpc) is 2.67. The summed E-state index contributed by atoms with van der Waals surface area (Å²) in [6.07, 6.45) is 0.953. The van der Waals surface area contributed by atoms with Gasteiger partial charge in [0.05, 0.1) is 7.11 Å². The molecule has 3 nitrogen and oxygen atoms in total. The van der Waals surface area contributed by atoms with E-state index < -0.39 is 0 Å². The van der Waals surface area contributed by atoms with Gasteiger partial charge in [-0.3, -0.25) is 4.79 Å². The summed E-state index contributed by atoms with van der Waals surface area (Å²) in [7, 11) is 1.44. The van der Waals surface area contributed by atoms with Gasteiger partial charge in [0.2, 0.25) is 0 Å². The Kier molecular flexibility index (Phi) is 5.82. The van der Waals surface area contributed by atoms with E-state index in [0.29, 0.717) is 0 Å². The van der Waals surface area contributed by atoms with E-state index in [-0.39, 0.29) is 17.9 Å². The second-order valence-corrected chi connectivity index (χ2v) is 6.17. The maximum Gasteiger partial charge on any atom is 0.323 e. The molecule has 0 saturated heterocycles. The Bertz CT molecular complexity index is 400. The summed E-state index contributed by atoms with van der Waals surface area (Å²) in [5.74, 6) is 0.103. The van der Waals surface area contributed by atoms with Gasteiger partial charge in [-0.2, -0.15) is 0 Å². The largest absolute Gasteiger partial charge is 0.468 e. The first-order valence-electron chi connectivity index (χ1n) is 6.36. The molecule has 1 rings (SSSR count). The van der Waals surface area contributed by atoms with Crippen LogP contribution >= 0.6 is 11.3 Å². The predicted molar refractivity (Wildman–Crippen MR) is 75.9 cm³/mol. The summed E-state index contributed by atoms with van der Waals surface area (Å²) in [6, 6.07) is 1.96. The third-order valence-electron chi connectivity index (χ3n) is 3.32. The SMILES string of the molecule is CCC(C)C(NCc1cc(C)sc1C)C(=O)OC. The van der Waals surface area contributed by atoms with E-state index in [0.717, 1.165) is 13.0 Å². The molecule has 0 bridgehead atoms. The zero-order valence-corrected chi connectivity index (χ0v) is 12.7. The maximum atomic E-state index is 11.7. The van der Waals surface area contributed by atoms with E-state index in [1.165, 1.54) is 22.4 Å². The van der Waals surface area contributed by atoms with Crippen LogP contribution in [0, 0.1) is 19.8 Å². The maximum absolute atomic E-state index is 11.7. The van der Waals surface area contributed by atoms with Crippen molar-refractivity contribution in [1.29, 1.82) is 0 Å². The number of ether oxygens (including phenoxy) is 1. The molecule has 0 radical (unpaired) electrons. The lowest BCUT2D eigenvalue weighted by atomic mass is 9.99.